The summed E-state index contributed by atoms with van der Waals surface area (Å²) in [6.07, 6.45) is 4.14. The minimum atomic E-state index is -0.954. The number of carbonyl (C=O) groups excluding carboxylic acids is 1. The predicted octanol–water partition coefficient (Wildman–Crippen LogP) is 1.55. The van der Waals surface area contributed by atoms with Gasteiger partial charge in [-0.05, 0) is 20.3 Å². The summed E-state index contributed by atoms with van der Waals surface area (Å²) in [6.45, 7) is 5.76. The summed E-state index contributed by atoms with van der Waals surface area (Å²) in [5, 5.41) is 10.5. The lowest BCUT2D eigenvalue weighted by atomic mass is 9.86. The fraction of sp³-hybridized carbons (Fsp3) is 0.700. The van der Waals surface area contributed by atoms with Crippen molar-refractivity contribution in [2.24, 2.45) is 5.92 Å². The Morgan fingerprint density at radius 1 is 1.64 bits per heavy atom. The van der Waals surface area contributed by atoms with Crippen LogP contribution in [0, 0.1) is 5.92 Å². The minimum Gasteiger partial charge on any atom is -0.464 e. The molecule has 1 N–H and O–H groups in total. The molecule has 0 bridgehead atoms. The smallest absolute Gasteiger partial charge is 0.334 e. The van der Waals surface area contributed by atoms with Crippen LogP contribution in [-0.4, -0.2) is 28.4 Å². The zero-order valence-electron chi connectivity index (χ0n) is 8.86. The van der Waals surface area contributed by atoms with Crippen LogP contribution in [0.4, 0.5) is 0 Å². The van der Waals surface area contributed by atoms with Crippen molar-refractivity contribution in [2.75, 3.05) is 6.61 Å². The van der Waals surface area contributed by atoms with E-state index in [2.05, 4.69) is 0 Å². The van der Waals surface area contributed by atoms with E-state index in [1.165, 1.54) is 6.20 Å². The van der Waals surface area contributed by atoms with Crippen molar-refractivity contribution in [1.82, 2.24) is 5.06 Å². The molecular weight excluding hydrogens is 182 g/mol. The number of nitrogens with zero attached hydrogens (tertiary/aromatic N) is 1. The molecule has 4 nitrogen and oxygen atoms in total. The van der Waals surface area contributed by atoms with Crippen LogP contribution in [-0.2, 0) is 9.53 Å². The highest BCUT2D eigenvalue weighted by atomic mass is 16.6. The molecule has 80 valence electrons. The number of ether oxygens (including phenoxy) is 1. The fourth-order valence-corrected chi connectivity index (χ4v) is 1.75. The third kappa shape index (κ3) is 1.50. The Bertz CT molecular complexity index is 252. The molecule has 0 spiro atoms. The van der Waals surface area contributed by atoms with E-state index in [1.807, 2.05) is 13.0 Å². The molecule has 1 aliphatic rings. The van der Waals surface area contributed by atoms with Gasteiger partial charge < -0.3 is 4.74 Å². The highest BCUT2D eigenvalue weighted by molar-refractivity contribution is 5.81. The minimum absolute atomic E-state index is 0.00606. The summed E-state index contributed by atoms with van der Waals surface area (Å²) in [4.78, 5) is 11.7. The lowest BCUT2D eigenvalue weighted by molar-refractivity contribution is -0.183. The van der Waals surface area contributed by atoms with Gasteiger partial charge in [-0.15, -0.1) is 0 Å². The third-order valence-electron chi connectivity index (χ3n) is 2.79. The molecule has 0 saturated heterocycles. The predicted molar refractivity (Wildman–Crippen MR) is 51.6 cm³/mol. The zero-order valence-corrected chi connectivity index (χ0v) is 8.86. The van der Waals surface area contributed by atoms with Crippen LogP contribution in [0.1, 0.15) is 27.2 Å². The number of hydroxylamine groups is 2. The Morgan fingerprint density at radius 3 is 2.79 bits per heavy atom. The molecule has 1 rings (SSSR count). The second kappa shape index (κ2) is 4.00. The standard InChI is InChI=1S/C10H17NO3/c1-4-8-6-7-11(13)10(8,3)9(12)14-5-2/h6-8,13H,4-5H2,1-3H3. The highest BCUT2D eigenvalue weighted by Gasteiger charge is 2.48. The Morgan fingerprint density at radius 2 is 2.29 bits per heavy atom. The molecule has 0 aromatic carbocycles. The summed E-state index contributed by atoms with van der Waals surface area (Å²) in [7, 11) is 0. The molecule has 14 heavy (non-hydrogen) atoms. The maximum Gasteiger partial charge on any atom is 0.334 e. The monoisotopic (exact) mass is 199 g/mol. The van der Waals surface area contributed by atoms with E-state index in [0.29, 0.717) is 6.61 Å². The van der Waals surface area contributed by atoms with E-state index in [9.17, 15) is 10.0 Å². The lowest BCUT2D eigenvalue weighted by Crippen LogP contribution is -2.51. The Labute approximate surface area is 84.1 Å². The van der Waals surface area contributed by atoms with Gasteiger partial charge in [-0.1, -0.05) is 13.0 Å². The van der Waals surface area contributed by atoms with Crippen molar-refractivity contribution in [1.29, 1.82) is 0 Å². The van der Waals surface area contributed by atoms with Crippen LogP contribution in [0.3, 0.4) is 0 Å². The summed E-state index contributed by atoms with van der Waals surface area (Å²) < 4.78 is 4.95. The molecule has 0 saturated carbocycles. The Kier molecular flexibility index (Phi) is 3.16. The van der Waals surface area contributed by atoms with E-state index >= 15 is 0 Å². The van der Waals surface area contributed by atoms with Gasteiger partial charge in [0, 0.05) is 12.1 Å². The first kappa shape index (κ1) is 11.0. The first-order valence-corrected chi connectivity index (χ1v) is 4.91. The molecular formula is C10H17NO3. The van der Waals surface area contributed by atoms with E-state index < -0.39 is 5.54 Å². The van der Waals surface area contributed by atoms with E-state index in [-0.39, 0.29) is 11.9 Å². The average molecular weight is 199 g/mol. The van der Waals surface area contributed by atoms with Crippen LogP contribution in [0.25, 0.3) is 0 Å². The normalized spacial score (nSPS) is 30.9. The van der Waals surface area contributed by atoms with E-state index in [4.69, 9.17) is 4.74 Å². The van der Waals surface area contributed by atoms with Gasteiger partial charge in [0.05, 0.1) is 6.61 Å². The molecule has 1 aliphatic heterocycles. The molecule has 0 aromatic rings. The topological polar surface area (TPSA) is 49.8 Å². The quantitative estimate of drug-likeness (QED) is 0.701. The van der Waals surface area contributed by atoms with Crippen LogP contribution in [0.5, 0.6) is 0 Å². The maximum atomic E-state index is 11.7. The second-order valence-corrected chi connectivity index (χ2v) is 3.57. The molecule has 4 heteroatoms. The van der Waals surface area contributed by atoms with Gasteiger partial charge in [0.15, 0.2) is 5.54 Å². The lowest BCUT2D eigenvalue weighted by Gasteiger charge is -2.33. The molecule has 0 aliphatic carbocycles. The van der Waals surface area contributed by atoms with Crippen molar-refractivity contribution in [3.63, 3.8) is 0 Å². The van der Waals surface area contributed by atoms with Crippen molar-refractivity contribution in [3.8, 4) is 0 Å². The largest absolute Gasteiger partial charge is 0.464 e. The summed E-state index contributed by atoms with van der Waals surface area (Å²) in [5.41, 5.74) is -0.954. The number of hydrogen-bond donors (Lipinski definition) is 1. The molecule has 2 atom stereocenters. The number of hydrogen-bond acceptors (Lipinski definition) is 4. The first-order chi connectivity index (χ1) is 6.57. The van der Waals surface area contributed by atoms with Gasteiger partial charge in [-0.25, -0.2) is 9.86 Å². The SMILES string of the molecule is CCOC(=O)C1(C)C(CC)C=CN1O. The Hall–Kier alpha value is -1.03. The van der Waals surface area contributed by atoms with E-state index in [0.717, 1.165) is 11.5 Å². The van der Waals surface area contributed by atoms with Crippen molar-refractivity contribution < 1.29 is 14.7 Å². The third-order valence-corrected chi connectivity index (χ3v) is 2.79. The zero-order chi connectivity index (χ0) is 10.8. The van der Waals surface area contributed by atoms with Crippen LogP contribution < -0.4 is 0 Å². The van der Waals surface area contributed by atoms with Crippen LogP contribution in [0.15, 0.2) is 12.3 Å². The Balaban J connectivity index is 2.85. The highest BCUT2D eigenvalue weighted by Crippen LogP contribution is 2.34. The van der Waals surface area contributed by atoms with Gasteiger partial charge in [-0.3, -0.25) is 5.21 Å². The molecule has 0 amide bonds. The van der Waals surface area contributed by atoms with Gasteiger partial charge >= 0.3 is 5.97 Å². The number of esters is 1. The van der Waals surface area contributed by atoms with Gasteiger partial charge in [0.2, 0.25) is 0 Å². The van der Waals surface area contributed by atoms with Crippen molar-refractivity contribution in [3.05, 3.63) is 12.3 Å². The fourth-order valence-electron chi connectivity index (χ4n) is 1.75. The maximum absolute atomic E-state index is 11.7. The van der Waals surface area contributed by atoms with Crippen molar-refractivity contribution >= 4 is 5.97 Å². The molecule has 0 fully saturated rings. The van der Waals surface area contributed by atoms with Crippen molar-refractivity contribution in [2.45, 2.75) is 32.7 Å². The van der Waals surface area contributed by atoms with Crippen LogP contribution >= 0.6 is 0 Å². The number of rotatable bonds is 3. The number of carbonyl (C=O) groups is 1. The molecule has 1 heterocycles. The summed E-state index contributed by atoms with van der Waals surface area (Å²) in [5.74, 6) is -0.370. The molecule has 2 unspecified atom stereocenters. The molecule has 0 radical (unpaired) electrons. The molecule has 0 aromatic heterocycles. The van der Waals surface area contributed by atoms with Gasteiger partial charge in [-0.2, -0.15) is 0 Å². The van der Waals surface area contributed by atoms with Gasteiger partial charge in [0.25, 0.3) is 0 Å². The second-order valence-electron chi connectivity index (χ2n) is 3.57. The van der Waals surface area contributed by atoms with Crippen LogP contribution in [0.2, 0.25) is 0 Å². The average Bonchev–Trinajstić information content (AvgIpc) is 2.45. The first-order valence-electron chi connectivity index (χ1n) is 4.91. The summed E-state index contributed by atoms with van der Waals surface area (Å²) >= 11 is 0. The van der Waals surface area contributed by atoms with E-state index in [1.54, 1.807) is 13.8 Å². The summed E-state index contributed by atoms with van der Waals surface area (Å²) in [6, 6.07) is 0. The van der Waals surface area contributed by atoms with Gasteiger partial charge in [0.1, 0.15) is 0 Å².